The number of nitrogens with zero attached hydrogens (tertiary/aromatic N) is 4. The fraction of sp³-hybridized carbons (Fsp3) is 0.125. The normalized spacial score (nSPS) is 15.9. The van der Waals surface area contributed by atoms with Crippen LogP contribution in [0.4, 0.5) is 11.4 Å². The van der Waals surface area contributed by atoms with Crippen molar-refractivity contribution >= 4 is 23.4 Å². The van der Waals surface area contributed by atoms with Crippen molar-refractivity contribution in [1.82, 2.24) is 0 Å². The number of methoxy groups -OCH3 is 1. The molecule has 0 spiro atoms. The van der Waals surface area contributed by atoms with E-state index in [1.165, 1.54) is 0 Å². The predicted octanol–water partition coefficient (Wildman–Crippen LogP) is 3.82. The van der Waals surface area contributed by atoms with Crippen LogP contribution in [0.3, 0.4) is 0 Å². The summed E-state index contributed by atoms with van der Waals surface area (Å²) >= 11 is 0. The van der Waals surface area contributed by atoms with Crippen molar-refractivity contribution in [3.63, 3.8) is 0 Å². The summed E-state index contributed by atoms with van der Waals surface area (Å²) in [6.45, 7) is 0.436. The van der Waals surface area contributed by atoms with E-state index in [0.29, 0.717) is 17.8 Å². The van der Waals surface area contributed by atoms with E-state index in [2.05, 4.69) is 6.07 Å². The van der Waals surface area contributed by atoms with Crippen molar-refractivity contribution in [1.29, 1.82) is 5.26 Å². The number of rotatable bonds is 5. The zero-order chi connectivity index (χ0) is 20.9. The lowest BCUT2D eigenvalue weighted by atomic mass is 10.1. The molecule has 6 heteroatoms. The Morgan fingerprint density at radius 3 is 2.57 bits per heavy atom. The number of aldehydes is 1. The van der Waals surface area contributed by atoms with Crippen molar-refractivity contribution in [3.8, 4) is 11.8 Å². The Kier molecular flexibility index (Phi) is 5.44. The highest BCUT2D eigenvalue weighted by Crippen LogP contribution is 2.30. The van der Waals surface area contributed by atoms with E-state index in [-0.39, 0.29) is 0 Å². The maximum absolute atomic E-state index is 12.2. The Morgan fingerprint density at radius 2 is 1.83 bits per heavy atom. The van der Waals surface area contributed by atoms with E-state index >= 15 is 0 Å². The molecular formula is C24H20N4O2. The molecule has 0 radical (unpaired) electrons. The highest BCUT2D eigenvalue weighted by Gasteiger charge is 2.33. The van der Waals surface area contributed by atoms with Crippen molar-refractivity contribution < 1.29 is 9.53 Å². The topological polar surface area (TPSA) is 68.9 Å². The molecular weight excluding hydrogens is 376 g/mol. The molecule has 1 aliphatic heterocycles. The third kappa shape index (κ3) is 3.61. The van der Waals surface area contributed by atoms with Gasteiger partial charge in [0, 0.05) is 11.3 Å². The Morgan fingerprint density at radius 1 is 1.07 bits per heavy atom. The molecule has 0 bridgehead atoms. The molecule has 6 nitrogen and oxygen atoms in total. The molecule has 1 unspecified atom stereocenters. The molecule has 1 aliphatic rings. The number of benzene rings is 3. The Balaban J connectivity index is 1.88. The maximum atomic E-state index is 12.2. The van der Waals surface area contributed by atoms with Gasteiger partial charge in [-0.15, -0.1) is 0 Å². The summed E-state index contributed by atoms with van der Waals surface area (Å²) in [6, 6.07) is 26.7. The van der Waals surface area contributed by atoms with E-state index in [0.717, 1.165) is 29.0 Å². The number of nitriles is 1. The van der Waals surface area contributed by atoms with Gasteiger partial charge in [0.15, 0.2) is 12.5 Å². The summed E-state index contributed by atoms with van der Waals surface area (Å²) in [4.78, 5) is 14.2. The van der Waals surface area contributed by atoms with Gasteiger partial charge in [-0.25, -0.2) is 5.01 Å². The van der Waals surface area contributed by atoms with Crippen molar-refractivity contribution in [3.05, 3.63) is 90.0 Å². The van der Waals surface area contributed by atoms with E-state index in [1.807, 2.05) is 65.6 Å². The molecule has 0 aliphatic carbocycles. The molecule has 0 amide bonds. The number of carbonyl (C=O) groups is 1. The van der Waals surface area contributed by atoms with Crippen LogP contribution in [0, 0.1) is 11.3 Å². The highest BCUT2D eigenvalue weighted by atomic mass is 16.5. The lowest BCUT2D eigenvalue weighted by molar-refractivity contribution is -0.109. The second-order valence-corrected chi connectivity index (χ2v) is 6.77. The van der Waals surface area contributed by atoms with Crippen molar-refractivity contribution in [2.75, 3.05) is 23.6 Å². The first-order valence-electron chi connectivity index (χ1n) is 9.52. The minimum absolute atomic E-state index is 0.436. The van der Waals surface area contributed by atoms with E-state index in [9.17, 15) is 10.1 Å². The second-order valence-electron chi connectivity index (χ2n) is 6.77. The molecule has 3 aromatic rings. The SMILES string of the molecule is COc1cccc(C2=NN(c3ccccc3C#N)C(C=O)N(c3ccccc3)C2)c1. The summed E-state index contributed by atoms with van der Waals surface area (Å²) in [7, 11) is 1.62. The molecule has 3 aromatic carbocycles. The van der Waals surface area contributed by atoms with E-state index in [1.54, 1.807) is 30.3 Å². The van der Waals surface area contributed by atoms with Gasteiger partial charge in [-0.3, -0.25) is 4.79 Å². The zero-order valence-electron chi connectivity index (χ0n) is 16.5. The maximum Gasteiger partial charge on any atom is 0.180 e. The molecule has 0 N–H and O–H groups in total. The largest absolute Gasteiger partial charge is 0.497 e. The van der Waals surface area contributed by atoms with Gasteiger partial charge >= 0.3 is 0 Å². The summed E-state index contributed by atoms with van der Waals surface area (Å²) < 4.78 is 5.37. The number of para-hydroxylation sites is 2. The summed E-state index contributed by atoms with van der Waals surface area (Å²) in [5, 5.41) is 16.0. The summed E-state index contributed by atoms with van der Waals surface area (Å²) in [5.41, 5.74) is 3.58. The second kappa shape index (κ2) is 8.50. The first-order valence-corrected chi connectivity index (χ1v) is 9.52. The van der Waals surface area contributed by atoms with Crippen molar-refractivity contribution in [2.45, 2.75) is 6.17 Å². The van der Waals surface area contributed by atoms with Gasteiger partial charge in [0.05, 0.1) is 30.6 Å². The first kappa shape index (κ1) is 19.2. The number of anilines is 2. The average Bonchev–Trinajstić information content (AvgIpc) is 2.83. The smallest absolute Gasteiger partial charge is 0.180 e. The minimum atomic E-state index is -0.684. The van der Waals surface area contributed by atoms with Gasteiger partial charge in [-0.2, -0.15) is 10.4 Å². The lowest BCUT2D eigenvalue weighted by Crippen LogP contribution is -2.54. The van der Waals surface area contributed by atoms with Crippen LogP contribution in [0.2, 0.25) is 0 Å². The standard InChI is InChI=1S/C24H20N4O2/c1-30-21-12-7-9-18(14-21)22-16-27(20-10-3-2-4-11-20)24(17-29)28(26-22)23-13-6-5-8-19(23)15-25/h2-14,17,24H,16H2,1H3. The van der Waals surface area contributed by atoms with Crippen LogP contribution in [-0.4, -0.2) is 31.8 Å². The molecule has 148 valence electrons. The average molecular weight is 396 g/mol. The quantitative estimate of drug-likeness (QED) is 0.613. The third-order valence-electron chi connectivity index (χ3n) is 5.00. The minimum Gasteiger partial charge on any atom is -0.497 e. The number of carbonyl (C=O) groups excluding carboxylic acids is 1. The van der Waals surface area contributed by atoms with Crippen LogP contribution in [-0.2, 0) is 4.79 Å². The number of hydrogen-bond donors (Lipinski definition) is 0. The molecule has 0 fully saturated rings. The lowest BCUT2D eigenvalue weighted by Gasteiger charge is -2.41. The van der Waals surface area contributed by atoms with Gasteiger partial charge < -0.3 is 9.64 Å². The molecule has 0 aromatic heterocycles. The number of hydrogen-bond acceptors (Lipinski definition) is 6. The predicted molar refractivity (Wildman–Crippen MR) is 117 cm³/mol. The van der Waals surface area contributed by atoms with Crippen LogP contribution in [0.15, 0.2) is 84.0 Å². The van der Waals surface area contributed by atoms with Gasteiger partial charge in [0.2, 0.25) is 0 Å². The van der Waals surface area contributed by atoms with Crippen LogP contribution in [0.25, 0.3) is 0 Å². The van der Waals surface area contributed by atoms with Gasteiger partial charge in [-0.1, -0.05) is 42.5 Å². The molecule has 1 atom stereocenters. The molecule has 0 saturated carbocycles. The molecule has 1 heterocycles. The van der Waals surface area contributed by atoms with Gasteiger partial charge in [0.1, 0.15) is 11.8 Å². The Hall–Kier alpha value is -4.11. The van der Waals surface area contributed by atoms with Crippen LogP contribution >= 0.6 is 0 Å². The fourth-order valence-corrected chi connectivity index (χ4v) is 3.52. The fourth-order valence-electron chi connectivity index (χ4n) is 3.52. The Labute approximate surface area is 175 Å². The summed E-state index contributed by atoms with van der Waals surface area (Å²) in [5.74, 6) is 0.725. The molecule has 4 rings (SSSR count). The zero-order valence-corrected chi connectivity index (χ0v) is 16.5. The van der Waals surface area contributed by atoms with E-state index in [4.69, 9.17) is 9.84 Å². The monoisotopic (exact) mass is 396 g/mol. The molecule has 0 saturated heterocycles. The Bertz CT molecular complexity index is 1120. The van der Waals surface area contributed by atoms with Gasteiger partial charge in [-0.05, 0) is 36.4 Å². The van der Waals surface area contributed by atoms with Crippen LogP contribution in [0.5, 0.6) is 5.75 Å². The van der Waals surface area contributed by atoms with E-state index < -0.39 is 6.17 Å². The third-order valence-corrected chi connectivity index (χ3v) is 5.00. The van der Waals surface area contributed by atoms with Crippen LogP contribution < -0.4 is 14.6 Å². The molecule has 30 heavy (non-hydrogen) atoms. The van der Waals surface area contributed by atoms with Gasteiger partial charge in [0.25, 0.3) is 0 Å². The highest BCUT2D eigenvalue weighted by molar-refractivity contribution is 6.06. The number of ether oxygens (including phenoxy) is 1. The summed E-state index contributed by atoms with van der Waals surface area (Å²) in [6.07, 6.45) is 0.170. The number of hydrazone groups is 1. The van der Waals surface area contributed by atoms with Crippen molar-refractivity contribution in [2.24, 2.45) is 5.10 Å². The van der Waals surface area contributed by atoms with Crippen LogP contribution in [0.1, 0.15) is 11.1 Å². The first-order chi connectivity index (χ1) is 14.7.